The van der Waals surface area contributed by atoms with Crippen molar-refractivity contribution in [1.82, 2.24) is 13.7 Å². The predicted molar refractivity (Wildman–Crippen MR) is 101 cm³/mol. The van der Waals surface area contributed by atoms with Crippen molar-refractivity contribution in [2.24, 2.45) is 14.1 Å². The molecular formula is C19H23N3O4. The van der Waals surface area contributed by atoms with Crippen LogP contribution in [0.5, 0.6) is 5.75 Å². The summed E-state index contributed by atoms with van der Waals surface area (Å²) in [5, 5.41) is 0.539. The molecule has 0 aliphatic heterocycles. The summed E-state index contributed by atoms with van der Waals surface area (Å²) in [5.74, 6) is 0.746. The molecule has 0 aliphatic rings. The molecule has 7 nitrogen and oxygen atoms in total. The number of aromatic nitrogens is 3. The summed E-state index contributed by atoms with van der Waals surface area (Å²) in [4.78, 5) is 25.1. The third-order valence-corrected chi connectivity index (χ3v) is 4.62. The van der Waals surface area contributed by atoms with Gasteiger partial charge in [0.25, 0.3) is 5.56 Å². The van der Waals surface area contributed by atoms with E-state index in [-0.39, 0.29) is 11.2 Å². The smallest absolute Gasteiger partial charge is 0.330 e. The Labute approximate surface area is 151 Å². The van der Waals surface area contributed by atoms with Crippen molar-refractivity contribution in [2.45, 2.75) is 13.0 Å². The topological polar surface area (TPSA) is 67.4 Å². The van der Waals surface area contributed by atoms with Crippen molar-refractivity contribution in [2.75, 3.05) is 20.8 Å². The molecule has 2 aromatic heterocycles. The zero-order valence-electron chi connectivity index (χ0n) is 15.5. The van der Waals surface area contributed by atoms with Gasteiger partial charge in [0.2, 0.25) is 0 Å². The third kappa shape index (κ3) is 2.94. The maximum absolute atomic E-state index is 12.8. The molecule has 0 atom stereocenters. The Morgan fingerprint density at radius 3 is 2.31 bits per heavy atom. The molecule has 1 aromatic carbocycles. The molecule has 138 valence electrons. The number of nitrogens with zero attached hydrogens (tertiary/aromatic N) is 3. The molecule has 0 spiro atoms. The van der Waals surface area contributed by atoms with Crippen molar-refractivity contribution >= 4 is 10.9 Å². The second-order valence-electron chi connectivity index (χ2n) is 6.21. The minimum Gasteiger partial charge on any atom is -0.497 e. The van der Waals surface area contributed by atoms with Crippen LogP contribution in [0.4, 0.5) is 0 Å². The van der Waals surface area contributed by atoms with Crippen LogP contribution in [0.3, 0.4) is 0 Å². The van der Waals surface area contributed by atoms with Crippen molar-refractivity contribution < 1.29 is 9.47 Å². The second-order valence-corrected chi connectivity index (χ2v) is 6.21. The zero-order valence-corrected chi connectivity index (χ0v) is 15.5. The van der Waals surface area contributed by atoms with E-state index in [1.165, 1.54) is 11.6 Å². The van der Waals surface area contributed by atoms with E-state index in [0.29, 0.717) is 24.1 Å². The highest BCUT2D eigenvalue weighted by Crippen LogP contribution is 2.29. The molecule has 0 saturated heterocycles. The maximum atomic E-state index is 12.8. The van der Waals surface area contributed by atoms with Crippen molar-refractivity contribution in [3.05, 3.63) is 51.3 Å². The van der Waals surface area contributed by atoms with Crippen LogP contribution in [-0.4, -0.2) is 34.5 Å². The normalized spacial score (nSPS) is 11.2. The molecule has 7 heteroatoms. The Bertz CT molecular complexity index is 1040. The van der Waals surface area contributed by atoms with Crippen LogP contribution in [0.2, 0.25) is 0 Å². The van der Waals surface area contributed by atoms with E-state index in [9.17, 15) is 9.59 Å². The number of rotatable bonds is 6. The van der Waals surface area contributed by atoms with E-state index in [1.54, 1.807) is 21.3 Å². The highest BCUT2D eigenvalue weighted by atomic mass is 16.5. The number of fused-ring (bicyclic) bond motifs is 1. The first-order valence-corrected chi connectivity index (χ1v) is 8.41. The van der Waals surface area contributed by atoms with Gasteiger partial charge in [0.05, 0.1) is 23.7 Å². The molecular weight excluding hydrogens is 334 g/mol. The van der Waals surface area contributed by atoms with Gasteiger partial charge in [-0.15, -0.1) is 0 Å². The molecule has 0 N–H and O–H groups in total. The predicted octanol–water partition coefficient (Wildman–Crippen LogP) is 1.75. The van der Waals surface area contributed by atoms with Gasteiger partial charge in [-0.05, 0) is 36.2 Å². The molecule has 0 amide bonds. The van der Waals surface area contributed by atoms with E-state index >= 15 is 0 Å². The Kier molecular flexibility index (Phi) is 4.99. The van der Waals surface area contributed by atoms with E-state index in [0.717, 1.165) is 28.0 Å². The fourth-order valence-corrected chi connectivity index (χ4v) is 3.20. The lowest BCUT2D eigenvalue weighted by Gasteiger charge is -2.10. The second kappa shape index (κ2) is 7.21. The van der Waals surface area contributed by atoms with E-state index in [1.807, 2.05) is 35.0 Å². The molecule has 0 aliphatic carbocycles. The Morgan fingerprint density at radius 2 is 1.69 bits per heavy atom. The number of aryl methyl sites for hydroxylation is 2. The van der Waals surface area contributed by atoms with Gasteiger partial charge in [0, 0.05) is 40.6 Å². The van der Waals surface area contributed by atoms with Gasteiger partial charge >= 0.3 is 5.69 Å². The van der Waals surface area contributed by atoms with Gasteiger partial charge in [-0.25, -0.2) is 4.79 Å². The number of ether oxygens (including phenoxy) is 2. The maximum Gasteiger partial charge on any atom is 0.330 e. The molecule has 0 bridgehead atoms. The van der Waals surface area contributed by atoms with Crippen LogP contribution in [0.1, 0.15) is 6.42 Å². The molecule has 0 unspecified atom stereocenters. The van der Waals surface area contributed by atoms with Crippen molar-refractivity contribution in [3.8, 4) is 17.0 Å². The lowest BCUT2D eigenvalue weighted by molar-refractivity contribution is 0.190. The van der Waals surface area contributed by atoms with Crippen LogP contribution in [0, 0.1) is 0 Å². The Morgan fingerprint density at radius 1 is 1.00 bits per heavy atom. The molecule has 3 rings (SSSR count). The molecule has 0 radical (unpaired) electrons. The minimum absolute atomic E-state index is 0.292. The molecule has 0 saturated carbocycles. The number of methoxy groups -OCH3 is 2. The summed E-state index contributed by atoms with van der Waals surface area (Å²) in [6.45, 7) is 1.30. The van der Waals surface area contributed by atoms with E-state index in [2.05, 4.69) is 0 Å². The fourth-order valence-electron chi connectivity index (χ4n) is 3.20. The van der Waals surface area contributed by atoms with Gasteiger partial charge in [0.1, 0.15) is 5.75 Å². The standard InChI is InChI=1S/C19H23N3O4/c1-20-15-12-22(10-5-11-25-3)17(13-6-8-14(26-4)9-7-13)16(15)18(23)21(2)19(20)24/h6-9,12H,5,10-11H2,1-4H3. The summed E-state index contributed by atoms with van der Waals surface area (Å²) in [7, 11) is 6.46. The lowest BCUT2D eigenvalue weighted by Crippen LogP contribution is -2.36. The highest BCUT2D eigenvalue weighted by Gasteiger charge is 2.19. The van der Waals surface area contributed by atoms with E-state index < -0.39 is 0 Å². The van der Waals surface area contributed by atoms with Gasteiger partial charge in [0.15, 0.2) is 0 Å². The first kappa shape index (κ1) is 18.0. The molecule has 26 heavy (non-hydrogen) atoms. The first-order chi connectivity index (χ1) is 12.5. The van der Waals surface area contributed by atoms with Crippen LogP contribution in [0.25, 0.3) is 22.2 Å². The monoisotopic (exact) mass is 357 g/mol. The zero-order chi connectivity index (χ0) is 18.8. The summed E-state index contributed by atoms with van der Waals surface area (Å²) in [6, 6.07) is 7.57. The summed E-state index contributed by atoms with van der Waals surface area (Å²) in [6.07, 6.45) is 2.67. The van der Waals surface area contributed by atoms with Crippen LogP contribution < -0.4 is 16.0 Å². The minimum atomic E-state index is -0.335. The van der Waals surface area contributed by atoms with Crippen molar-refractivity contribution in [1.29, 1.82) is 0 Å². The Hall–Kier alpha value is -2.80. The first-order valence-electron chi connectivity index (χ1n) is 8.41. The van der Waals surface area contributed by atoms with Gasteiger partial charge in [-0.1, -0.05) is 0 Å². The Balaban J connectivity index is 2.30. The number of benzene rings is 1. The molecule has 2 heterocycles. The largest absolute Gasteiger partial charge is 0.497 e. The lowest BCUT2D eigenvalue weighted by atomic mass is 10.1. The highest BCUT2D eigenvalue weighted by molar-refractivity contribution is 5.93. The van der Waals surface area contributed by atoms with E-state index in [4.69, 9.17) is 9.47 Å². The van der Waals surface area contributed by atoms with Gasteiger partial charge in [-0.3, -0.25) is 13.9 Å². The summed E-state index contributed by atoms with van der Waals surface area (Å²) >= 11 is 0. The molecule has 0 fully saturated rings. The molecule has 3 aromatic rings. The van der Waals surface area contributed by atoms with Crippen LogP contribution in [-0.2, 0) is 25.4 Å². The number of hydrogen-bond donors (Lipinski definition) is 0. The third-order valence-electron chi connectivity index (χ3n) is 4.62. The quantitative estimate of drug-likeness (QED) is 0.631. The summed E-state index contributed by atoms with van der Waals surface area (Å²) in [5.41, 5.74) is 1.70. The average Bonchev–Trinajstić information content (AvgIpc) is 3.04. The van der Waals surface area contributed by atoms with Gasteiger partial charge in [-0.2, -0.15) is 0 Å². The summed E-state index contributed by atoms with van der Waals surface area (Å²) < 4.78 is 15.1. The van der Waals surface area contributed by atoms with Crippen LogP contribution >= 0.6 is 0 Å². The van der Waals surface area contributed by atoms with Gasteiger partial charge < -0.3 is 14.0 Å². The SMILES string of the molecule is COCCCn1cc2c(c1-c1ccc(OC)cc1)c(=O)n(C)c(=O)n2C. The van der Waals surface area contributed by atoms with Crippen LogP contribution in [0.15, 0.2) is 40.1 Å². The van der Waals surface area contributed by atoms with Crippen molar-refractivity contribution in [3.63, 3.8) is 0 Å². The fraction of sp³-hybridized carbons (Fsp3) is 0.368. The average molecular weight is 357 g/mol. The number of hydrogen-bond acceptors (Lipinski definition) is 4.